The highest BCUT2D eigenvalue weighted by Crippen LogP contribution is 2.31. The van der Waals surface area contributed by atoms with Crippen LogP contribution in [0.4, 0.5) is 5.69 Å². The predicted molar refractivity (Wildman–Crippen MR) is 104 cm³/mol. The summed E-state index contributed by atoms with van der Waals surface area (Å²) < 4.78 is 5.30. The minimum Gasteiger partial charge on any atom is -0.380 e. The number of aromatic nitrogens is 2. The Balaban J connectivity index is 2.13. The van der Waals surface area contributed by atoms with Crippen LogP contribution < -0.4 is 5.32 Å². The molecule has 6 heteroatoms. The molecule has 0 aliphatic carbocycles. The Hall–Kier alpha value is -3.56. The monoisotopic (exact) mass is 358 g/mol. The van der Waals surface area contributed by atoms with E-state index in [1.807, 2.05) is 36.4 Å². The van der Waals surface area contributed by atoms with E-state index < -0.39 is 0 Å². The molecule has 1 heterocycles. The molecule has 0 radical (unpaired) electrons. The van der Waals surface area contributed by atoms with E-state index in [1.54, 1.807) is 19.4 Å². The first-order chi connectivity index (χ1) is 13.2. The van der Waals surface area contributed by atoms with Crippen molar-refractivity contribution in [2.24, 2.45) is 0 Å². The first kappa shape index (κ1) is 18.2. The molecule has 0 saturated carbocycles. The highest BCUT2D eigenvalue weighted by Gasteiger charge is 2.11. The second-order valence-electron chi connectivity index (χ2n) is 5.96. The number of hydrogen-bond donors (Lipinski definition) is 1. The number of ether oxygens (including phenoxy) is 1. The number of rotatable bonds is 7. The van der Waals surface area contributed by atoms with Gasteiger partial charge in [0, 0.05) is 47.6 Å². The van der Waals surface area contributed by atoms with Crippen molar-refractivity contribution in [2.75, 3.05) is 19.0 Å². The molecule has 0 aliphatic rings. The van der Waals surface area contributed by atoms with Crippen LogP contribution in [0.25, 0.3) is 22.2 Å². The highest BCUT2D eigenvalue weighted by atomic mass is 16.5. The summed E-state index contributed by atoms with van der Waals surface area (Å²) in [5.74, 6) is 0.478. The lowest BCUT2D eigenvalue weighted by Crippen LogP contribution is -2.07. The summed E-state index contributed by atoms with van der Waals surface area (Å²) in [6, 6.07) is 13.5. The van der Waals surface area contributed by atoms with Crippen molar-refractivity contribution < 1.29 is 9.53 Å². The number of carbonyl (C=O) groups is 1. The zero-order valence-electron chi connectivity index (χ0n) is 14.9. The van der Waals surface area contributed by atoms with E-state index in [0.29, 0.717) is 36.5 Å². The Bertz CT molecular complexity index is 1050. The number of fused-ring (bicyclic) bond motifs is 1. The lowest BCUT2D eigenvalue weighted by atomic mass is 10.0. The number of nitriles is 1. The van der Waals surface area contributed by atoms with Crippen LogP contribution >= 0.6 is 0 Å². The van der Waals surface area contributed by atoms with Gasteiger partial charge in [-0.05, 0) is 17.5 Å². The minimum atomic E-state index is 0.330. The number of nitrogens with zero attached hydrogens (tertiary/aromatic N) is 3. The summed E-state index contributed by atoms with van der Waals surface area (Å²) in [4.78, 5) is 19.5. The predicted octanol–water partition coefficient (Wildman–Crippen LogP) is 3.75. The molecule has 2 aromatic carbocycles. The van der Waals surface area contributed by atoms with Gasteiger partial charge in [0.05, 0.1) is 12.7 Å². The van der Waals surface area contributed by atoms with Gasteiger partial charge in [0.2, 0.25) is 0 Å². The number of carbonyl (C=O) groups excluding carboxylic acids is 1. The zero-order valence-corrected chi connectivity index (χ0v) is 14.9. The van der Waals surface area contributed by atoms with Crippen LogP contribution in [0.1, 0.15) is 16.1 Å². The van der Waals surface area contributed by atoms with Crippen LogP contribution in [0.3, 0.4) is 0 Å². The average molecular weight is 358 g/mol. The van der Waals surface area contributed by atoms with Crippen molar-refractivity contribution in [3.05, 3.63) is 66.0 Å². The van der Waals surface area contributed by atoms with Crippen molar-refractivity contribution in [2.45, 2.75) is 6.61 Å². The minimum absolute atomic E-state index is 0.330. The van der Waals surface area contributed by atoms with E-state index in [2.05, 4.69) is 21.9 Å². The number of anilines is 1. The summed E-state index contributed by atoms with van der Waals surface area (Å²) in [5, 5.41) is 14.3. The van der Waals surface area contributed by atoms with Crippen LogP contribution in [0.5, 0.6) is 0 Å². The van der Waals surface area contributed by atoms with Gasteiger partial charge in [0.1, 0.15) is 5.69 Å². The van der Waals surface area contributed by atoms with Gasteiger partial charge in [-0.3, -0.25) is 4.79 Å². The van der Waals surface area contributed by atoms with Crippen LogP contribution in [-0.4, -0.2) is 29.9 Å². The summed E-state index contributed by atoms with van der Waals surface area (Å²) >= 11 is 0. The average Bonchev–Trinajstić information content (AvgIpc) is 2.72. The topological polar surface area (TPSA) is 87.9 Å². The third-order valence-corrected chi connectivity index (χ3v) is 4.10. The van der Waals surface area contributed by atoms with Crippen molar-refractivity contribution in [1.29, 1.82) is 5.26 Å². The number of hydrogen-bond acceptors (Lipinski definition) is 6. The lowest BCUT2D eigenvalue weighted by molar-refractivity contribution is 0.111. The van der Waals surface area contributed by atoms with Crippen LogP contribution in [-0.2, 0) is 11.3 Å². The van der Waals surface area contributed by atoms with Gasteiger partial charge < -0.3 is 10.1 Å². The number of nitrogens with one attached hydrogen (secondary N) is 1. The number of benzene rings is 2. The van der Waals surface area contributed by atoms with Crippen LogP contribution in [0.15, 0.2) is 54.7 Å². The molecule has 0 unspecified atom stereocenters. The maximum atomic E-state index is 11.0. The molecule has 0 spiro atoms. The van der Waals surface area contributed by atoms with Crippen molar-refractivity contribution >= 4 is 22.7 Å². The van der Waals surface area contributed by atoms with Crippen molar-refractivity contribution in [3.63, 3.8) is 0 Å². The molecule has 0 atom stereocenters. The standard InChI is InChI=1S/C21H18N4O2/c1-14(10-22)11-24-20-17(13-27-2)6-4-15-3-5-16(9-19(15)20)21-23-8-7-18(12-26)25-21/h3-9,12,24H,1,11,13H2,2H3. The first-order valence-corrected chi connectivity index (χ1v) is 8.31. The lowest BCUT2D eigenvalue weighted by Gasteiger charge is -2.15. The Morgan fingerprint density at radius 2 is 2.15 bits per heavy atom. The van der Waals surface area contributed by atoms with E-state index in [4.69, 9.17) is 10.00 Å². The fraction of sp³-hybridized carbons (Fsp3) is 0.143. The summed E-state index contributed by atoms with van der Waals surface area (Å²) in [5.41, 5.74) is 3.41. The van der Waals surface area contributed by atoms with Gasteiger partial charge in [-0.25, -0.2) is 9.97 Å². The third-order valence-electron chi connectivity index (χ3n) is 4.10. The first-order valence-electron chi connectivity index (χ1n) is 8.31. The highest BCUT2D eigenvalue weighted by molar-refractivity contribution is 5.98. The van der Waals surface area contributed by atoms with Crippen molar-refractivity contribution in [1.82, 2.24) is 9.97 Å². The van der Waals surface area contributed by atoms with E-state index in [1.165, 1.54) is 0 Å². The third kappa shape index (κ3) is 4.00. The Kier molecular flexibility index (Phi) is 5.55. The molecule has 3 aromatic rings. The maximum absolute atomic E-state index is 11.0. The SMILES string of the molecule is C=C(C#N)CNc1c(COC)ccc2ccc(-c3nccc(C=O)n3)cc12. The summed E-state index contributed by atoms with van der Waals surface area (Å²) in [6.07, 6.45) is 2.26. The quantitative estimate of drug-likeness (QED) is 0.511. The molecule has 0 aliphatic heterocycles. The Morgan fingerprint density at radius 1 is 1.33 bits per heavy atom. The fourth-order valence-electron chi connectivity index (χ4n) is 2.80. The second kappa shape index (κ2) is 8.21. The molecule has 134 valence electrons. The largest absolute Gasteiger partial charge is 0.380 e. The van der Waals surface area contributed by atoms with Crippen molar-refractivity contribution in [3.8, 4) is 17.5 Å². The van der Waals surface area contributed by atoms with E-state index in [0.717, 1.165) is 27.6 Å². The van der Waals surface area contributed by atoms with E-state index in [9.17, 15) is 4.79 Å². The Labute approximate surface area is 157 Å². The summed E-state index contributed by atoms with van der Waals surface area (Å²) in [6.45, 7) is 4.49. The van der Waals surface area contributed by atoms with Crippen LogP contribution in [0, 0.1) is 11.3 Å². The van der Waals surface area contributed by atoms with Gasteiger partial charge in [0.25, 0.3) is 0 Å². The normalized spacial score (nSPS) is 10.4. The van der Waals surface area contributed by atoms with Gasteiger partial charge in [-0.1, -0.05) is 30.8 Å². The Morgan fingerprint density at radius 3 is 2.89 bits per heavy atom. The second-order valence-corrected chi connectivity index (χ2v) is 5.96. The molecule has 1 N–H and O–H groups in total. The zero-order chi connectivity index (χ0) is 19.2. The molecule has 27 heavy (non-hydrogen) atoms. The summed E-state index contributed by atoms with van der Waals surface area (Å²) in [7, 11) is 1.64. The van der Waals surface area contributed by atoms with Gasteiger partial charge in [-0.15, -0.1) is 0 Å². The molecule has 6 nitrogen and oxygen atoms in total. The molecule has 0 bridgehead atoms. The number of methoxy groups -OCH3 is 1. The molecule has 0 amide bonds. The maximum Gasteiger partial charge on any atom is 0.168 e. The van der Waals surface area contributed by atoms with E-state index in [-0.39, 0.29) is 0 Å². The van der Waals surface area contributed by atoms with Crippen LogP contribution in [0.2, 0.25) is 0 Å². The molecule has 0 saturated heterocycles. The van der Waals surface area contributed by atoms with Gasteiger partial charge in [-0.2, -0.15) is 5.26 Å². The molecular formula is C21H18N4O2. The van der Waals surface area contributed by atoms with E-state index >= 15 is 0 Å². The molecule has 1 aromatic heterocycles. The molecular weight excluding hydrogens is 340 g/mol. The molecule has 3 rings (SSSR count). The number of aldehydes is 1. The van der Waals surface area contributed by atoms with Gasteiger partial charge in [0.15, 0.2) is 12.1 Å². The fourth-order valence-corrected chi connectivity index (χ4v) is 2.80. The smallest absolute Gasteiger partial charge is 0.168 e. The molecule has 0 fully saturated rings. The van der Waals surface area contributed by atoms with Gasteiger partial charge >= 0.3 is 0 Å².